The van der Waals surface area contributed by atoms with Gasteiger partial charge in [-0.25, -0.2) is 4.67 Å². The lowest BCUT2D eigenvalue weighted by molar-refractivity contribution is 0.108. The van der Waals surface area contributed by atoms with Gasteiger partial charge in [-0.1, -0.05) is 37.3 Å². The molecule has 146 valence electrons. The van der Waals surface area contributed by atoms with E-state index in [-0.39, 0.29) is 6.10 Å². The quantitative estimate of drug-likeness (QED) is 0.439. The highest BCUT2D eigenvalue weighted by atomic mass is 31.2. The number of allylic oxidation sites excluding steroid dienone is 3. The van der Waals surface area contributed by atoms with Crippen LogP contribution in [0.15, 0.2) is 30.4 Å². The van der Waals surface area contributed by atoms with Crippen molar-refractivity contribution < 1.29 is 9.05 Å². The first kappa shape index (κ1) is 19.2. The average molecular weight is 385 g/mol. The van der Waals surface area contributed by atoms with E-state index in [1.807, 2.05) is 0 Å². The molecular formula is C23H32NO2P. The molecule has 0 saturated heterocycles. The summed E-state index contributed by atoms with van der Waals surface area (Å²) in [6.07, 6.45) is 17.8. The first-order chi connectivity index (χ1) is 13.2. The van der Waals surface area contributed by atoms with Gasteiger partial charge in [-0.15, -0.1) is 0 Å². The van der Waals surface area contributed by atoms with E-state index in [0.29, 0.717) is 5.92 Å². The van der Waals surface area contributed by atoms with Crippen LogP contribution in [0, 0.1) is 5.92 Å². The predicted molar refractivity (Wildman–Crippen MR) is 114 cm³/mol. The zero-order chi connectivity index (χ0) is 18.8. The van der Waals surface area contributed by atoms with Gasteiger partial charge < -0.3 is 9.05 Å². The van der Waals surface area contributed by atoms with Crippen molar-refractivity contribution in [1.29, 1.82) is 0 Å². The first-order valence-corrected chi connectivity index (χ1v) is 11.6. The topological polar surface area (TPSA) is 21.7 Å². The summed E-state index contributed by atoms with van der Waals surface area (Å²) in [5.41, 5.74) is 4.35. The van der Waals surface area contributed by atoms with Gasteiger partial charge in [0.25, 0.3) is 0 Å². The summed E-state index contributed by atoms with van der Waals surface area (Å²) in [5, 5.41) is 0. The number of hydrogen-bond donors (Lipinski definition) is 0. The van der Waals surface area contributed by atoms with Crippen molar-refractivity contribution in [3.05, 3.63) is 47.1 Å². The average Bonchev–Trinajstić information content (AvgIpc) is 2.85. The number of hydrogen-bond acceptors (Lipinski definition) is 3. The molecule has 4 unspecified atom stereocenters. The lowest BCUT2D eigenvalue weighted by atomic mass is 9.72. The third-order valence-electron chi connectivity index (χ3n) is 6.08. The molecule has 4 rings (SSSR count). The van der Waals surface area contributed by atoms with Crippen LogP contribution in [-0.2, 0) is 10.9 Å². The Morgan fingerprint density at radius 3 is 2.93 bits per heavy atom. The molecule has 1 heterocycles. The van der Waals surface area contributed by atoms with Gasteiger partial charge in [-0.3, -0.25) is 0 Å². The van der Waals surface area contributed by atoms with Gasteiger partial charge in [0.2, 0.25) is 0 Å². The lowest BCUT2D eigenvalue weighted by Crippen LogP contribution is -2.29. The molecule has 0 radical (unpaired) electrons. The van der Waals surface area contributed by atoms with Crippen LogP contribution in [0.2, 0.25) is 0 Å². The van der Waals surface area contributed by atoms with Crippen molar-refractivity contribution in [3.8, 4) is 5.75 Å². The Bertz CT molecular complexity index is 727. The van der Waals surface area contributed by atoms with Gasteiger partial charge in [0.1, 0.15) is 5.75 Å². The Morgan fingerprint density at radius 1 is 1.22 bits per heavy atom. The van der Waals surface area contributed by atoms with Crippen LogP contribution in [0.1, 0.15) is 68.1 Å². The lowest BCUT2D eigenvalue weighted by Gasteiger charge is -2.36. The highest BCUT2D eigenvalue weighted by Gasteiger charge is 2.41. The molecule has 3 nitrogen and oxygen atoms in total. The predicted octanol–water partition coefficient (Wildman–Crippen LogP) is 6.45. The Labute approximate surface area is 165 Å². The molecule has 0 bridgehead atoms. The second-order valence-electron chi connectivity index (χ2n) is 8.21. The van der Waals surface area contributed by atoms with E-state index in [4.69, 9.17) is 9.05 Å². The molecule has 1 fully saturated rings. The van der Waals surface area contributed by atoms with E-state index in [9.17, 15) is 0 Å². The molecule has 0 amide bonds. The third-order valence-corrected chi connectivity index (χ3v) is 7.54. The summed E-state index contributed by atoms with van der Waals surface area (Å²) in [7, 11) is 3.10. The van der Waals surface area contributed by atoms with Crippen LogP contribution in [0.25, 0.3) is 6.08 Å². The van der Waals surface area contributed by atoms with E-state index < -0.39 is 8.53 Å². The van der Waals surface area contributed by atoms with Gasteiger partial charge in [0.05, 0.1) is 6.10 Å². The Morgan fingerprint density at radius 2 is 2.11 bits per heavy atom. The van der Waals surface area contributed by atoms with Crippen molar-refractivity contribution >= 4 is 14.6 Å². The Hall–Kier alpha value is -1.15. The monoisotopic (exact) mass is 385 g/mol. The second-order valence-corrected chi connectivity index (χ2v) is 9.88. The SMILES string of the molecule is CC/C=C\CC1CCC2OP(N(C)C)Oc3ccc4c(c3C2C1)CCC=C4. The van der Waals surface area contributed by atoms with Gasteiger partial charge in [0.15, 0.2) is 0 Å². The van der Waals surface area contributed by atoms with E-state index in [0.717, 1.165) is 37.4 Å². The maximum Gasteiger partial charge on any atom is 0.320 e. The molecule has 1 aliphatic heterocycles. The van der Waals surface area contributed by atoms with Crippen LogP contribution in [0.3, 0.4) is 0 Å². The zero-order valence-corrected chi connectivity index (χ0v) is 17.8. The number of nitrogens with zero attached hydrogens (tertiary/aromatic N) is 1. The smallest absolute Gasteiger partial charge is 0.320 e. The molecule has 4 atom stereocenters. The minimum Gasteiger partial charge on any atom is -0.435 e. The number of fused-ring (bicyclic) bond motifs is 5. The van der Waals surface area contributed by atoms with E-state index in [1.165, 1.54) is 36.0 Å². The van der Waals surface area contributed by atoms with Crippen molar-refractivity contribution in [3.63, 3.8) is 0 Å². The Balaban J connectivity index is 1.70. The summed E-state index contributed by atoms with van der Waals surface area (Å²) >= 11 is 0. The summed E-state index contributed by atoms with van der Waals surface area (Å²) < 4.78 is 15.1. The van der Waals surface area contributed by atoms with Crippen molar-refractivity contribution in [2.45, 2.75) is 63.9 Å². The fourth-order valence-electron chi connectivity index (χ4n) is 4.75. The maximum absolute atomic E-state index is 6.56. The highest BCUT2D eigenvalue weighted by Crippen LogP contribution is 2.56. The molecule has 0 spiro atoms. The maximum atomic E-state index is 6.56. The summed E-state index contributed by atoms with van der Waals surface area (Å²) in [6, 6.07) is 4.42. The van der Waals surface area contributed by atoms with Gasteiger partial charge in [-0.05, 0) is 82.2 Å². The van der Waals surface area contributed by atoms with Crippen molar-refractivity contribution in [2.75, 3.05) is 14.1 Å². The van der Waals surface area contributed by atoms with Gasteiger partial charge in [-0.2, -0.15) is 0 Å². The second kappa shape index (κ2) is 8.47. The fourth-order valence-corrected chi connectivity index (χ4v) is 5.95. The van der Waals surface area contributed by atoms with Crippen molar-refractivity contribution in [2.24, 2.45) is 5.92 Å². The number of rotatable bonds is 4. The van der Waals surface area contributed by atoms with Crippen LogP contribution in [0.4, 0.5) is 0 Å². The zero-order valence-electron chi connectivity index (χ0n) is 16.9. The third kappa shape index (κ3) is 4.01. The molecule has 2 aliphatic carbocycles. The minimum absolute atomic E-state index is 0.281. The molecule has 3 aliphatic rings. The van der Waals surface area contributed by atoms with Crippen LogP contribution in [0.5, 0.6) is 5.75 Å². The van der Waals surface area contributed by atoms with Crippen LogP contribution >= 0.6 is 8.53 Å². The summed E-state index contributed by atoms with van der Waals surface area (Å²) in [6.45, 7) is 2.21. The van der Waals surface area contributed by atoms with Crippen molar-refractivity contribution in [1.82, 2.24) is 4.67 Å². The van der Waals surface area contributed by atoms with E-state index >= 15 is 0 Å². The molecule has 27 heavy (non-hydrogen) atoms. The normalized spacial score (nSPS) is 29.8. The molecular weight excluding hydrogens is 353 g/mol. The highest BCUT2D eigenvalue weighted by molar-refractivity contribution is 7.45. The van der Waals surface area contributed by atoms with E-state index in [1.54, 1.807) is 0 Å². The molecule has 0 aromatic heterocycles. The molecule has 1 aromatic carbocycles. The van der Waals surface area contributed by atoms with Crippen LogP contribution in [-0.4, -0.2) is 24.9 Å². The molecule has 1 aromatic rings. The largest absolute Gasteiger partial charge is 0.435 e. The van der Waals surface area contributed by atoms with Gasteiger partial charge in [0, 0.05) is 11.5 Å². The molecule has 1 saturated carbocycles. The van der Waals surface area contributed by atoms with E-state index in [2.05, 4.69) is 62.1 Å². The number of benzene rings is 1. The Kier molecular flexibility index (Phi) is 6.02. The summed E-state index contributed by atoms with van der Waals surface area (Å²) in [5.74, 6) is 2.29. The molecule has 4 heteroatoms. The summed E-state index contributed by atoms with van der Waals surface area (Å²) in [4.78, 5) is 0. The standard InChI is InChI=1S/C23H32NO2P/c1-4-5-6-9-17-12-14-21-20(16-17)23-19-11-8-7-10-18(19)13-15-22(23)26-27(25-21)24(2)3/h5-7,10,13,15,17,20-21H,4,8-9,11-12,14,16H2,1-3H3/b6-5-. The fraction of sp³-hybridized carbons (Fsp3) is 0.565. The minimum atomic E-state index is -1.03. The van der Waals surface area contributed by atoms with Crippen LogP contribution < -0.4 is 4.52 Å². The van der Waals surface area contributed by atoms with Gasteiger partial charge >= 0.3 is 8.53 Å². The molecule has 0 N–H and O–H groups in total. The first-order valence-electron chi connectivity index (χ1n) is 10.5.